The van der Waals surface area contributed by atoms with Gasteiger partial charge in [-0.3, -0.25) is 4.79 Å². The molecule has 0 saturated carbocycles. The summed E-state index contributed by atoms with van der Waals surface area (Å²) in [7, 11) is 0. The Hall–Kier alpha value is -3.04. The van der Waals surface area contributed by atoms with E-state index in [1.165, 1.54) is 42.9 Å². The van der Waals surface area contributed by atoms with E-state index in [2.05, 4.69) is 42.6 Å². The van der Waals surface area contributed by atoms with Crippen LogP contribution in [0.5, 0.6) is 0 Å². The van der Waals surface area contributed by atoms with E-state index in [9.17, 15) is 19.8 Å². The number of carboxylic acids is 2. The second-order valence-corrected chi connectivity index (χ2v) is 11.8. The monoisotopic (exact) mass is 522 g/mol. The minimum Gasteiger partial charge on any atom is -0.481 e. The molecule has 0 bridgehead atoms. The van der Waals surface area contributed by atoms with Gasteiger partial charge in [-0.1, -0.05) is 24.3 Å². The summed E-state index contributed by atoms with van der Waals surface area (Å²) < 4.78 is 0. The lowest BCUT2D eigenvalue weighted by molar-refractivity contribution is -0.136. The molecule has 2 N–H and O–H groups in total. The summed E-state index contributed by atoms with van der Waals surface area (Å²) in [5.74, 6) is -1.85. The van der Waals surface area contributed by atoms with Crippen LogP contribution in [0.15, 0.2) is 66.0 Å². The summed E-state index contributed by atoms with van der Waals surface area (Å²) in [6.07, 6.45) is -0.0895. The molecule has 0 fully saturated rings. The summed E-state index contributed by atoms with van der Waals surface area (Å²) in [6, 6.07) is 19.9. The fraction of sp³-hybridized carbons (Fsp3) is 0.0769. The molecule has 8 heteroatoms. The maximum atomic E-state index is 11.6. The van der Waals surface area contributed by atoms with Crippen LogP contribution in [0, 0.1) is 6.92 Å². The topological polar surface area (TPSA) is 74.6 Å². The summed E-state index contributed by atoms with van der Waals surface area (Å²) >= 11 is 6.19. The van der Waals surface area contributed by atoms with Crippen molar-refractivity contribution in [3.63, 3.8) is 0 Å². The number of aromatic carboxylic acids is 1. The highest BCUT2D eigenvalue weighted by Gasteiger charge is 2.18. The molecule has 1 aromatic carbocycles. The summed E-state index contributed by atoms with van der Waals surface area (Å²) in [4.78, 5) is 29.4. The molecule has 4 nitrogen and oxygen atoms in total. The summed E-state index contributed by atoms with van der Waals surface area (Å²) in [5.41, 5.74) is 4.01. The molecule has 0 aliphatic rings. The smallest absolute Gasteiger partial charge is 0.345 e. The third-order valence-corrected chi connectivity index (χ3v) is 10.1. The second-order valence-electron chi connectivity index (χ2n) is 7.69. The van der Waals surface area contributed by atoms with Gasteiger partial charge in [0.25, 0.3) is 0 Å². The lowest BCUT2D eigenvalue weighted by atomic mass is 10.0. The number of hydrogen-bond donors (Lipinski definition) is 2. The van der Waals surface area contributed by atoms with Crippen molar-refractivity contribution in [2.24, 2.45) is 0 Å². The van der Waals surface area contributed by atoms with Crippen LogP contribution in [-0.2, 0) is 11.2 Å². The third kappa shape index (κ3) is 4.50. The van der Waals surface area contributed by atoms with E-state index < -0.39 is 11.9 Å². The average molecular weight is 523 g/mol. The van der Waals surface area contributed by atoms with Crippen molar-refractivity contribution in [2.45, 2.75) is 13.3 Å². The lowest BCUT2D eigenvalue weighted by Crippen LogP contribution is -1.99. The molecule has 0 aliphatic heterocycles. The van der Waals surface area contributed by atoms with Crippen LogP contribution in [0.3, 0.4) is 0 Å². The molecule has 4 heterocycles. The number of hydrogen-bond acceptors (Lipinski definition) is 6. The molecule has 170 valence electrons. The Morgan fingerprint density at radius 2 is 1.50 bits per heavy atom. The molecular formula is C26H18O4S4. The van der Waals surface area contributed by atoms with Crippen LogP contribution in [0.25, 0.3) is 40.4 Å². The Kier molecular flexibility index (Phi) is 6.22. The van der Waals surface area contributed by atoms with Crippen LogP contribution in [0.2, 0.25) is 0 Å². The Morgan fingerprint density at radius 1 is 0.765 bits per heavy atom. The molecule has 0 saturated heterocycles. The maximum absolute atomic E-state index is 11.6. The predicted molar refractivity (Wildman–Crippen MR) is 143 cm³/mol. The maximum Gasteiger partial charge on any atom is 0.345 e. The van der Waals surface area contributed by atoms with Gasteiger partial charge in [0.15, 0.2) is 0 Å². The second kappa shape index (κ2) is 9.31. The zero-order valence-electron chi connectivity index (χ0n) is 17.9. The van der Waals surface area contributed by atoms with E-state index >= 15 is 0 Å². The highest BCUT2D eigenvalue weighted by atomic mass is 32.1. The lowest BCUT2D eigenvalue weighted by Gasteiger charge is -2.06. The van der Waals surface area contributed by atoms with Crippen molar-refractivity contribution in [1.29, 1.82) is 0 Å². The zero-order chi connectivity index (χ0) is 23.8. The first-order valence-corrected chi connectivity index (χ1v) is 13.6. The van der Waals surface area contributed by atoms with Gasteiger partial charge >= 0.3 is 11.9 Å². The molecule has 0 radical (unpaired) electrons. The number of benzene rings is 1. The van der Waals surface area contributed by atoms with Gasteiger partial charge in [0.05, 0.1) is 6.42 Å². The predicted octanol–water partition coefficient (Wildman–Crippen LogP) is 8.23. The fourth-order valence-electron chi connectivity index (χ4n) is 3.78. The molecule has 5 rings (SSSR count). The molecule has 0 aliphatic carbocycles. The quantitative estimate of drug-likeness (QED) is 0.226. The van der Waals surface area contributed by atoms with Crippen molar-refractivity contribution in [1.82, 2.24) is 0 Å². The van der Waals surface area contributed by atoms with Crippen molar-refractivity contribution >= 4 is 57.3 Å². The van der Waals surface area contributed by atoms with E-state index in [1.54, 1.807) is 34.8 Å². The van der Waals surface area contributed by atoms with E-state index in [1.807, 2.05) is 18.2 Å². The highest BCUT2D eigenvalue weighted by Crippen LogP contribution is 2.44. The van der Waals surface area contributed by atoms with Gasteiger partial charge < -0.3 is 10.2 Å². The first-order chi connectivity index (χ1) is 16.4. The zero-order valence-corrected chi connectivity index (χ0v) is 21.2. The first kappa shape index (κ1) is 22.7. The van der Waals surface area contributed by atoms with E-state index in [-0.39, 0.29) is 11.3 Å². The Labute approximate surface area is 212 Å². The van der Waals surface area contributed by atoms with Crippen LogP contribution < -0.4 is 0 Å². The largest absolute Gasteiger partial charge is 0.481 e. The summed E-state index contributed by atoms with van der Waals surface area (Å²) in [6.45, 7) is 2.12. The number of aliphatic carboxylic acids is 1. The van der Waals surface area contributed by atoms with E-state index in [0.717, 1.165) is 31.3 Å². The van der Waals surface area contributed by atoms with Crippen molar-refractivity contribution in [3.05, 3.63) is 82.0 Å². The van der Waals surface area contributed by atoms with Crippen LogP contribution in [0.1, 0.15) is 20.8 Å². The number of thiophene rings is 4. The van der Waals surface area contributed by atoms with Crippen LogP contribution in [-0.4, -0.2) is 22.2 Å². The molecule has 0 amide bonds. The van der Waals surface area contributed by atoms with Crippen LogP contribution in [0.4, 0.5) is 0 Å². The number of carbonyl (C=O) groups is 2. The Bertz CT molecular complexity index is 1500. The van der Waals surface area contributed by atoms with Gasteiger partial charge in [0.2, 0.25) is 0 Å². The fourth-order valence-corrected chi connectivity index (χ4v) is 7.88. The molecule has 34 heavy (non-hydrogen) atoms. The van der Waals surface area contributed by atoms with Gasteiger partial charge in [-0.05, 0) is 71.0 Å². The van der Waals surface area contributed by atoms with E-state index in [0.29, 0.717) is 0 Å². The highest BCUT2D eigenvalue weighted by molar-refractivity contribution is 7.25. The minimum absolute atomic E-state index is 0.0895. The Balaban J connectivity index is 1.56. The van der Waals surface area contributed by atoms with Crippen LogP contribution >= 0.6 is 45.3 Å². The minimum atomic E-state index is -0.959. The van der Waals surface area contributed by atoms with Gasteiger partial charge in [0, 0.05) is 29.3 Å². The van der Waals surface area contributed by atoms with Gasteiger partial charge in [0.1, 0.15) is 4.88 Å². The standard InChI is InChI=1S/C26H18O4S4/c1-14-10-21(18-6-3-9-31-18)33-24(14)15-4-2-5-16(11-15)25-17(13-23(27)28)12-22(34-25)19-7-8-20(32-19)26(29)30/h2-12H,13H2,1H3,(H,27,28)(H,29,30). The van der Waals surface area contributed by atoms with Crippen molar-refractivity contribution in [3.8, 4) is 40.4 Å². The van der Waals surface area contributed by atoms with Crippen molar-refractivity contribution < 1.29 is 19.8 Å². The molecule has 0 unspecified atom stereocenters. The van der Waals surface area contributed by atoms with Gasteiger partial charge in [-0.15, -0.1) is 45.3 Å². The summed E-state index contributed by atoms with van der Waals surface area (Å²) in [5, 5.41) is 20.8. The SMILES string of the molecule is Cc1cc(-c2cccs2)sc1-c1cccc(-c2sc(-c3ccc(C(=O)O)s3)cc2CC(=O)O)c1. The van der Waals surface area contributed by atoms with Gasteiger partial charge in [-0.2, -0.15) is 0 Å². The molecule has 5 aromatic rings. The van der Waals surface area contributed by atoms with Crippen molar-refractivity contribution in [2.75, 3.05) is 0 Å². The van der Waals surface area contributed by atoms with Gasteiger partial charge in [-0.25, -0.2) is 4.79 Å². The molecule has 0 atom stereocenters. The number of carboxylic acid groups (broad SMARTS) is 2. The molecular weight excluding hydrogens is 505 g/mol. The average Bonchev–Trinajstić information content (AvgIpc) is 3.59. The third-order valence-electron chi connectivity index (χ3n) is 5.28. The first-order valence-electron chi connectivity index (χ1n) is 10.3. The number of rotatable bonds is 7. The Morgan fingerprint density at radius 3 is 2.18 bits per heavy atom. The normalized spacial score (nSPS) is 11.1. The number of aryl methyl sites for hydroxylation is 1. The molecule has 0 spiro atoms. The van der Waals surface area contributed by atoms with E-state index in [4.69, 9.17) is 0 Å². The molecule has 4 aromatic heterocycles.